The SMILES string of the molecule is CSc1cccc(Oc2ncc(F)cc2C(=O)N[C@H]2CC[C@@H](N)CC2)c1.Cl. The van der Waals surface area contributed by atoms with Crippen LogP contribution in [0.1, 0.15) is 36.0 Å². The summed E-state index contributed by atoms with van der Waals surface area (Å²) in [5, 5.41) is 2.95. The van der Waals surface area contributed by atoms with Crippen LogP contribution in [0.5, 0.6) is 11.6 Å². The number of pyridine rings is 1. The summed E-state index contributed by atoms with van der Waals surface area (Å²) in [4.78, 5) is 17.6. The maximum atomic E-state index is 13.7. The van der Waals surface area contributed by atoms with Gasteiger partial charge in [-0.2, -0.15) is 0 Å². The number of benzene rings is 1. The number of halogens is 2. The van der Waals surface area contributed by atoms with E-state index < -0.39 is 5.82 Å². The van der Waals surface area contributed by atoms with E-state index >= 15 is 0 Å². The molecule has 1 heterocycles. The molecule has 0 atom stereocenters. The molecular formula is C19H23ClFN3O2S. The molecule has 0 unspecified atom stereocenters. The summed E-state index contributed by atoms with van der Waals surface area (Å²) in [6.07, 6.45) is 6.39. The van der Waals surface area contributed by atoms with Gasteiger partial charge in [0.05, 0.1) is 6.20 Å². The minimum absolute atomic E-state index is 0. The fourth-order valence-electron chi connectivity index (χ4n) is 2.97. The number of rotatable bonds is 5. The number of aromatic nitrogens is 1. The molecule has 146 valence electrons. The smallest absolute Gasteiger partial charge is 0.257 e. The van der Waals surface area contributed by atoms with Crippen LogP contribution in [-0.4, -0.2) is 29.2 Å². The predicted octanol–water partition coefficient (Wildman–Crippen LogP) is 4.16. The number of amides is 1. The lowest BCUT2D eigenvalue weighted by Crippen LogP contribution is -2.40. The molecule has 0 saturated heterocycles. The van der Waals surface area contributed by atoms with E-state index in [1.54, 1.807) is 17.8 Å². The molecule has 8 heteroatoms. The van der Waals surface area contributed by atoms with E-state index in [9.17, 15) is 9.18 Å². The summed E-state index contributed by atoms with van der Waals surface area (Å²) in [5.74, 6) is -0.317. The lowest BCUT2D eigenvalue weighted by molar-refractivity contribution is 0.0922. The first-order valence-electron chi connectivity index (χ1n) is 8.59. The molecule has 1 aliphatic carbocycles. The van der Waals surface area contributed by atoms with Gasteiger partial charge in [-0.3, -0.25) is 4.79 Å². The largest absolute Gasteiger partial charge is 0.438 e. The molecule has 1 saturated carbocycles. The van der Waals surface area contributed by atoms with Gasteiger partial charge in [0.25, 0.3) is 5.91 Å². The van der Waals surface area contributed by atoms with Crippen LogP contribution in [0.3, 0.4) is 0 Å². The average molecular weight is 412 g/mol. The van der Waals surface area contributed by atoms with Gasteiger partial charge in [-0.25, -0.2) is 9.37 Å². The Balaban J connectivity index is 0.00000261. The molecule has 0 aliphatic heterocycles. The van der Waals surface area contributed by atoms with E-state index in [1.165, 1.54) is 0 Å². The van der Waals surface area contributed by atoms with Gasteiger partial charge in [0, 0.05) is 17.0 Å². The van der Waals surface area contributed by atoms with Gasteiger partial charge >= 0.3 is 0 Å². The maximum absolute atomic E-state index is 13.7. The summed E-state index contributed by atoms with van der Waals surface area (Å²) >= 11 is 1.58. The van der Waals surface area contributed by atoms with Crippen molar-refractivity contribution >= 4 is 30.1 Å². The number of carbonyl (C=O) groups is 1. The number of ether oxygens (including phenoxy) is 1. The fraction of sp³-hybridized carbons (Fsp3) is 0.368. The van der Waals surface area contributed by atoms with Crippen molar-refractivity contribution in [3.05, 3.63) is 47.9 Å². The van der Waals surface area contributed by atoms with Crippen molar-refractivity contribution < 1.29 is 13.9 Å². The Morgan fingerprint density at radius 1 is 1.30 bits per heavy atom. The van der Waals surface area contributed by atoms with Crippen molar-refractivity contribution in [3.8, 4) is 11.6 Å². The number of hydrogen-bond acceptors (Lipinski definition) is 5. The molecule has 1 aliphatic rings. The Labute approximate surface area is 168 Å². The molecule has 3 rings (SSSR count). The summed E-state index contributed by atoms with van der Waals surface area (Å²) in [6.45, 7) is 0. The van der Waals surface area contributed by atoms with E-state index in [0.717, 1.165) is 42.8 Å². The molecule has 27 heavy (non-hydrogen) atoms. The first-order valence-corrected chi connectivity index (χ1v) is 9.81. The van der Waals surface area contributed by atoms with Gasteiger partial charge in [0.15, 0.2) is 0 Å². The summed E-state index contributed by atoms with van der Waals surface area (Å²) in [7, 11) is 0. The zero-order valence-corrected chi connectivity index (χ0v) is 16.6. The maximum Gasteiger partial charge on any atom is 0.257 e. The Bertz CT molecular complexity index is 785. The minimum atomic E-state index is -0.578. The molecule has 0 bridgehead atoms. The Hall–Kier alpha value is -1.83. The van der Waals surface area contributed by atoms with Crippen LogP contribution in [0, 0.1) is 5.82 Å². The number of nitrogens with two attached hydrogens (primary N) is 1. The first kappa shape index (κ1) is 21.5. The Morgan fingerprint density at radius 2 is 2.04 bits per heavy atom. The zero-order valence-electron chi connectivity index (χ0n) is 15.0. The highest BCUT2D eigenvalue weighted by atomic mass is 35.5. The van der Waals surface area contributed by atoms with E-state index in [2.05, 4.69) is 10.3 Å². The van der Waals surface area contributed by atoms with E-state index in [1.807, 2.05) is 24.5 Å². The van der Waals surface area contributed by atoms with Crippen molar-refractivity contribution in [1.82, 2.24) is 10.3 Å². The topological polar surface area (TPSA) is 77.2 Å². The van der Waals surface area contributed by atoms with Crippen LogP contribution in [0.15, 0.2) is 41.4 Å². The molecule has 1 amide bonds. The van der Waals surface area contributed by atoms with E-state index in [-0.39, 0.29) is 41.8 Å². The van der Waals surface area contributed by atoms with Crippen LogP contribution in [-0.2, 0) is 0 Å². The van der Waals surface area contributed by atoms with Crippen molar-refractivity contribution in [2.75, 3.05) is 6.26 Å². The molecule has 0 radical (unpaired) electrons. The number of nitrogens with zero attached hydrogens (tertiary/aromatic N) is 1. The second-order valence-corrected chi connectivity index (χ2v) is 7.25. The summed E-state index contributed by atoms with van der Waals surface area (Å²) in [5.41, 5.74) is 5.99. The van der Waals surface area contributed by atoms with Gasteiger partial charge in [0.2, 0.25) is 5.88 Å². The molecule has 0 spiro atoms. The highest BCUT2D eigenvalue weighted by Gasteiger charge is 2.23. The molecule has 1 aromatic heterocycles. The highest BCUT2D eigenvalue weighted by molar-refractivity contribution is 7.98. The minimum Gasteiger partial charge on any atom is -0.438 e. The van der Waals surface area contributed by atoms with Crippen LogP contribution in [0.4, 0.5) is 4.39 Å². The standard InChI is InChI=1S/C19H22FN3O2S.ClH/c1-26-16-4-2-3-15(10-16)25-19-17(9-12(20)11-22-19)18(24)23-14-7-5-13(21)6-8-14;/h2-4,9-11,13-14H,5-8,21H2,1H3,(H,23,24);1H/t13-,14+;. The van der Waals surface area contributed by atoms with Crippen molar-refractivity contribution in [1.29, 1.82) is 0 Å². The monoisotopic (exact) mass is 411 g/mol. The molecule has 1 fully saturated rings. The van der Waals surface area contributed by atoms with Crippen molar-refractivity contribution in [2.24, 2.45) is 5.73 Å². The second kappa shape index (κ2) is 9.92. The Morgan fingerprint density at radius 3 is 2.74 bits per heavy atom. The van der Waals surface area contributed by atoms with Crippen LogP contribution in [0.2, 0.25) is 0 Å². The van der Waals surface area contributed by atoms with Gasteiger partial charge in [-0.15, -0.1) is 24.2 Å². The molecule has 2 aromatic rings. The van der Waals surface area contributed by atoms with Crippen molar-refractivity contribution in [2.45, 2.75) is 42.7 Å². The van der Waals surface area contributed by atoms with Gasteiger partial charge in [-0.1, -0.05) is 6.07 Å². The zero-order chi connectivity index (χ0) is 18.5. The normalized spacial score (nSPS) is 19.1. The van der Waals surface area contributed by atoms with Gasteiger partial charge < -0.3 is 15.8 Å². The lowest BCUT2D eigenvalue weighted by Gasteiger charge is -2.27. The second-order valence-electron chi connectivity index (χ2n) is 6.37. The van der Waals surface area contributed by atoms with Crippen LogP contribution >= 0.6 is 24.2 Å². The van der Waals surface area contributed by atoms with E-state index in [4.69, 9.17) is 10.5 Å². The van der Waals surface area contributed by atoms with Crippen molar-refractivity contribution in [3.63, 3.8) is 0 Å². The molecule has 3 N–H and O–H groups in total. The summed E-state index contributed by atoms with van der Waals surface area (Å²) < 4.78 is 19.4. The molecular weight excluding hydrogens is 389 g/mol. The van der Waals surface area contributed by atoms with Gasteiger partial charge in [0.1, 0.15) is 17.1 Å². The molecule has 1 aromatic carbocycles. The predicted molar refractivity (Wildman–Crippen MR) is 107 cm³/mol. The van der Waals surface area contributed by atoms with E-state index in [0.29, 0.717) is 5.75 Å². The quantitative estimate of drug-likeness (QED) is 0.722. The molecule has 5 nitrogen and oxygen atoms in total. The van der Waals surface area contributed by atoms with Crippen LogP contribution in [0.25, 0.3) is 0 Å². The van der Waals surface area contributed by atoms with Gasteiger partial charge in [-0.05, 0) is 56.2 Å². The Kier molecular flexibility index (Phi) is 7.89. The number of carbonyl (C=O) groups excluding carboxylic acids is 1. The highest BCUT2D eigenvalue weighted by Crippen LogP contribution is 2.27. The first-order chi connectivity index (χ1) is 12.5. The lowest BCUT2D eigenvalue weighted by atomic mass is 9.91. The third kappa shape index (κ3) is 5.82. The van der Waals surface area contributed by atoms with Crippen LogP contribution < -0.4 is 15.8 Å². The third-order valence-corrected chi connectivity index (χ3v) is 5.15. The summed E-state index contributed by atoms with van der Waals surface area (Å²) in [6, 6.07) is 8.83. The number of nitrogens with one attached hydrogen (secondary N) is 1. The number of hydrogen-bond donors (Lipinski definition) is 2. The fourth-order valence-corrected chi connectivity index (χ4v) is 3.42. The number of thioether (sulfide) groups is 1. The third-order valence-electron chi connectivity index (χ3n) is 4.43. The average Bonchev–Trinajstić information content (AvgIpc) is 2.65.